The van der Waals surface area contributed by atoms with Crippen molar-refractivity contribution in [1.29, 1.82) is 0 Å². The van der Waals surface area contributed by atoms with Crippen LogP contribution in [-0.4, -0.2) is 40.5 Å². The molecule has 14 heavy (non-hydrogen) atoms. The number of alkyl halides is 1. The predicted molar refractivity (Wildman–Crippen MR) is 56.3 cm³/mol. The molecule has 4 heteroatoms. The van der Waals surface area contributed by atoms with Crippen LogP contribution in [0.15, 0.2) is 0 Å². The summed E-state index contributed by atoms with van der Waals surface area (Å²) in [6.07, 6.45) is 1.32. The Balaban J connectivity index is 2.54. The Morgan fingerprint density at radius 1 is 1.71 bits per heavy atom. The van der Waals surface area contributed by atoms with E-state index in [-0.39, 0.29) is 17.9 Å². The first-order valence-corrected chi connectivity index (χ1v) is 5.60. The van der Waals surface area contributed by atoms with E-state index >= 15 is 0 Å². The van der Waals surface area contributed by atoms with Crippen LogP contribution in [0.2, 0.25) is 0 Å². The average molecular weight is 220 g/mol. The maximum atomic E-state index is 11.6. The fourth-order valence-corrected chi connectivity index (χ4v) is 2.01. The van der Waals surface area contributed by atoms with Crippen LogP contribution in [0.5, 0.6) is 0 Å². The van der Waals surface area contributed by atoms with Gasteiger partial charge >= 0.3 is 0 Å². The molecule has 0 bridgehead atoms. The van der Waals surface area contributed by atoms with Crippen LogP contribution in [0.25, 0.3) is 0 Å². The Hall–Kier alpha value is -0.280. The molecule has 82 valence electrons. The van der Waals surface area contributed by atoms with E-state index in [0.717, 1.165) is 6.42 Å². The first-order chi connectivity index (χ1) is 6.56. The highest BCUT2D eigenvalue weighted by Crippen LogP contribution is 2.21. The molecule has 1 amide bonds. The zero-order valence-corrected chi connectivity index (χ0v) is 9.50. The highest BCUT2D eigenvalue weighted by molar-refractivity contribution is 6.30. The summed E-state index contributed by atoms with van der Waals surface area (Å²) < 4.78 is 0. The molecule has 1 aliphatic heterocycles. The highest BCUT2D eigenvalue weighted by atomic mass is 35.5. The van der Waals surface area contributed by atoms with Crippen molar-refractivity contribution < 1.29 is 9.90 Å². The summed E-state index contributed by atoms with van der Waals surface area (Å²) in [6.45, 7) is 5.00. The van der Waals surface area contributed by atoms with Gasteiger partial charge in [-0.25, -0.2) is 0 Å². The molecule has 0 unspecified atom stereocenters. The van der Waals surface area contributed by atoms with E-state index < -0.39 is 5.38 Å². The second kappa shape index (κ2) is 4.99. The fraction of sp³-hybridized carbons (Fsp3) is 0.900. The van der Waals surface area contributed by atoms with Gasteiger partial charge in [0.2, 0.25) is 5.91 Å². The highest BCUT2D eigenvalue weighted by Gasteiger charge is 2.30. The van der Waals surface area contributed by atoms with Crippen LogP contribution in [0, 0.1) is 5.92 Å². The van der Waals surface area contributed by atoms with Gasteiger partial charge in [0, 0.05) is 19.0 Å². The monoisotopic (exact) mass is 219 g/mol. The Labute approximate surface area is 90.0 Å². The van der Waals surface area contributed by atoms with Crippen LogP contribution in [0.1, 0.15) is 26.7 Å². The zero-order valence-electron chi connectivity index (χ0n) is 8.74. The SMILES string of the molecule is CC[C@@H]1CN(C(=O)[C@@H](C)Cl)CC[C@@H]1O. The molecule has 0 radical (unpaired) electrons. The van der Waals surface area contributed by atoms with Gasteiger partial charge in [0.1, 0.15) is 5.38 Å². The van der Waals surface area contributed by atoms with Crippen LogP contribution in [0.3, 0.4) is 0 Å². The third-order valence-electron chi connectivity index (χ3n) is 2.87. The lowest BCUT2D eigenvalue weighted by Crippen LogP contribution is -2.47. The number of amides is 1. The normalized spacial score (nSPS) is 30.1. The van der Waals surface area contributed by atoms with Gasteiger partial charge in [-0.3, -0.25) is 4.79 Å². The molecular formula is C10H18ClNO2. The number of piperidine rings is 1. The first-order valence-electron chi connectivity index (χ1n) is 5.17. The van der Waals surface area contributed by atoms with E-state index in [1.807, 2.05) is 6.92 Å². The van der Waals surface area contributed by atoms with E-state index in [1.165, 1.54) is 0 Å². The van der Waals surface area contributed by atoms with E-state index in [2.05, 4.69) is 0 Å². The maximum absolute atomic E-state index is 11.6. The minimum absolute atomic E-state index is 0.0167. The Morgan fingerprint density at radius 3 is 2.86 bits per heavy atom. The number of aliphatic hydroxyl groups excluding tert-OH is 1. The molecule has 3 nitrogen and oxygen atoms in total. The lowest BCUT2D eigenvalue weighted by atomic mass is 9.92. The molecule has 1 rings (SSSR count). The van der Waals surface area contributed by atoms with Gasteiger partial charge in [-0.05, 0) is 19.8 Å². The Morgan fingerprint density at radius 2 is 2.36 bits per heavy atom. The van der Waals surface area contributed by atoms with Gasteiger partial charge in [0.25, 0.3) is 0 Å². The molecule has 0 saturated carbocycles. The Bertz CT molecular complexity index is 208. The summed E-state index contributed by atoms with van der Waals surface area (Å²) >= 11 is 5.74. The minimum atomic E-state index is -0.456. The molecular weight excluding hydrogens is 202 g/mol. The number of rotatable bonds is 2. The van der Waals surface area contributed by atoms with Crippen LogP contribution in [0.4, 0.5) is 0 Å². The molecule has 1 fully saturated rings. The maximum Gasteiger partial charge on any atom is 0.240 e. The van der Waals surface area contributed by atoms with Crippen molar-refractivity contribution in [3.05, 3.63) is 0 Å². The third kappa shape index (κ3) is 2.61. The number of aliphatic hydroxyl groups is 1. The largest absolute Gasteiger partial charge is 0.393 e. The summed E-state index contributed by atoms with van der Waals surface area (Å²) in [5, 5.41) is 9.18. The molecule has 0 aromatic carbocycles. The quantitative estimate of drug-likeness (QED) is 0.710. The van der Waals surface area contributed by atoms with Crippen LogP contribution in [-0.2, 0) is 4.79 Å². The first kappa shape index (κ1) is 11.8. The number of carbonyl (C=O) groups is 1. The number of halogens is 1. The minimum Gasteiger partial charge on any atom is -0.393 e. The van der Waals surface area contributed by atoms with Crippen molar-refractivity contribution >= 4 is 17.5 Å². The number of hydrogen-bond acceptors (Lipinski definition) is 2. The van der Waals surface area contributed by atoms with Gasteiger partial charge in [-0.2, -0.15) is 0 Å². The molecule has 0 aromatic heterocycles. The molecule has 1 saturated heterocycles. The lowest BCUT2D eigenvalue weighted by molar-refractivity contribution is -0.134. The van der Waals surface area contributed by atoms with Crippen LogP contribution < -0.4 is 0 Å². The fourth-order valence-electron chi connectivity index (χ4n) is 1.87. The third-order valence-corrected chi connectivity index (χ3v) is 3.06. The van der Waals surface area contributed by atoms with E-state index in [4.69, 9.17) is 11.6 Å². The molecule has 0 aromatic rings. The van der Waals surface area contributed by atoms with Gasteiger partial charge < -0.3 is 10.0 Å². The molecule has 1 aliphatic rings. The number of carbonyl (C=O) groups excluding carboxylic acids is 1. The van der Waals surface area contributed by atoms with E-state index in [1.54, 1.807) is 11.8 Å². The topological polar surface area (TPSA) is 40.5 Å². The lowest BCUT2D eigenvalue weighted by Gasteiger charge is -2.36. The summed E-state index contributed by atoms with van der Waals surface area (Å²) in [7, 11) is 0. The number of likely N-dealkylation sites (tertiary alicyclic amines) is 1. The van der Waals surface area contributed by atoms with E-state index in [9.17, 15) is 9.90 Å². The zero-order chi connectivity index (χ0) is 10.7. The second-order valence-electron chi connectivity index (χ2n) is 3.92. The van der Waals surface area contributed by atoms with Gasteiger partial charge in [-0.15, -0.1) is 11.6 Å². The van der Waals surface area contributed by atoms with Crippen molar-refractivity contribution in [2.24, 2.45) is 5.92 Å². The molecule has 1 heterocycles. The van der Waals surface area contributed by atoms with Crippen LogP contribution >= 0.6 is 11.6 Å². The molecule has 3 atom stereocenters. The van der Waals surface area contributed by atoms with Gasteiger partial charge in [-0.1, -0.05) is 6.92 Å². The predicted octanol–water partition coefficient (Wildman–Crippen LogP) is 1.23. The smallest absolute Gasteiger partial charge is 0.240 e. The molecule has 0 aliphatic carbocycles. The van der Waals surface area contributed by atoms with Crippen molar-refractivity contribution in [3.63, 3.8) is 0 Å². The molecule has 1 N–H and O–H groups in total. The van der Waals surface area contributed by atoms with Crippen molar-refractivity contribution in [1.82, 2.24) is 4.90 Å². The number of nitrogens with zero attached hydrogens (tertiary/aromatic N) is 1. The van der Waals surface area contributed by atoms with Crippen molar-refractivity contribution in [2.45, 2.75) is 38.2 Å². The average Bonchev–Trinajstić information content (AvgIpc) is 2.17. The van der Waals surface area contributed by atoms with Gasteiger partial charge in [0.15, 0.2) is 0 Å². The Kier molecular flexibility index (Phi) is 4.20. The second-order valence-corrected chi connectivity index (χ2v) is 4.58. The molecule has 0 spiro atoms. The summed E-state index contributed by atoms with van der Waals surface area (Å²) in [6, 6.07) is 0. The standard InChI is InChI=1S/C10H18ClNO2/c1-3-8-6-12(5-4-9(8)13)10(14)7(2)11/h7-9,13H,3-6H2,1-2H3/t7-,8-,9+/m1/s1. The van der Waals surface area contributed by atoms with Gasteiger partial charge in [0.05, 0.1) is 6.10 Å². The summed E-state index contributed by atoms with van der Waals surface area (Å²) in [5.41, 5.74) is 0. The summed E-state index contributed by atoms with van der Waals surface area (Å²) in [5.74, 6) is 0.195. The van der Waals surface area contributed by atoms with Crippen molar-refractivity contribution in [3.8, 4) is 0 Å². The van der Waals surface area contributed by atoms with E-state index in [0.29, 0.717) is 19.5 Å². The summed E-state index contributed by atoms with van der Waals surface area (Å²) in [4.78, 5) is 13.3. The number of hydrogen-bond donors (Lipinski definition) is 1. The van der Waals surface area contributed by atoms with Crippen molar-refractivity contribution in [2.75, 3.05) is 13.1 Å².